The zero-order valence-corrected chi connectivity index (χ0v) is 7.16. The largest absolute Gasteiger partial charge is 0.298 e. The molecule has 1 heterocycles. The van der Waals surface area contributed by atoms with Crippen LogP contribution in [0.25, 0.3) is 0 Å². The highest BCUT2D eigenvalue weighted by Gasteiger charge is 2.34. The van der Waals surface area contributed by atoms with Gasteiger partial charge in [-0.25, -0.2) is 0 Å². The summed E-state index contributed by atoms with van der Waals surface area (Å²) in [6.07, 6.45) is 0.493. The first-order chi connectivity index (χ1) is 5.54. The quantitative estimate of drug-likeness (QED) is 0.551. The van der Waals surface area contributed by atoms with Gasteiger partial charge in [0.25, 0.3) is 0 Å². The molecule has 4 nitrogen and oxygen atoms in total. The third-order valence-corrected chi connectivity index (χ3v) is 2.07. The molecule has 1 atom stereocenters. The zero-order chi connectivity index (χ0) is 9.30. The summed E-state index contributed by atoms with van der Waals surface area (Å²) in [5.41, 5.74) is 0. The van der Waals surface area contributed by atoms with E-state index < -0.39 is 6.04 Å². The van der Waals surface area contributed by atoms with Gasteiger partial charge in [-0.1, -0.05) is 0 Å². The molecule has 66 valence electrons. The third kappa shape index (κ3) is 1.37. The zero-order valence-electron chi connectivity index (χ0n) is 7.16. The Morgan fingerprint density at radius 1 is 1.33 bits per heavy atom. The van der Waals surface area contributed by atoms with Crippen molar-refractivity contribution in [3.05, 3.63) is 0 Å². The van der Waals surface area contributed by atoms with Crippen LogP contribution in [0.2, 0.25) is 0 Å². The van der Waals surface area contributed by atoms with E-state index in [1.807, 2.05) is 0 Å². The summed E-state index contributed by atoms with van der Waals surface area (Å²) in [6.45, 7) is 2.95. The number of likely N-dealkylation sites (tertiary alicyclic amines) is 1. The Morgan fingerprint density at radius 3 is 2.08 bits per heavy atom. The molecule has 1 saturated heterocycles. The molecule has 0 N–H and O–H groups in total. The lowest BCUT2D eigenvalue weighted by atomic mass is 10.2. The van der Waals surface area contributed by atoms with Crippen LogP contribution in [0.5, 0.6) is 0 Å². The SMILES string of the molecule is CC(=O)[C@H](C)N1C(=O)CCC1=O. The second-order valence-electron chi connectivity index (χ2n) is 2.94. The molecule has 0 aromatic carbocycles. The van der Waals surface area contributed by atoms with Crippen molar-refractivity contribution in [3.8, 4) is 0 Å². The van der Waals surface area contributed by atoms with Gasteiger partial charge in [0.05, 0.1) is 6.04 Å². The third-order valence-electron chi connectivity index (χ3n) is 2.07. The Morgan fingerprint density at radius 2 is 1.75 bits per heavy atom. The number of hydrogen-bond acceptors (Lipinski definition) is 3. The van der Waals surface area contributed by atoms with Gasteiger partial charge >= 0.3 is 0 Å². The van der Waals surface area contributed by atoms with Crippen LogP contribution in [0.1, 0.15) is 26.7 Å². The molecule has 0 bridgehead atoms. The first kappa shape index (κ1) is 8.90. The first-order valence-electron chi connectivity index (χ1n) is 3.89. The fraction of sp³-hybridized carbons (Fsp3) is 0.625. The van der Waals surface area contributed by atoms with Crippen LogP contribution in [0.3, 0.4) is 0 Å². The van der Waals surface area contributed by atoms with E-state index in [0.29, 0.717) is 0 Å². The monoisotopic (exact) mass is 169 g/mol. The number of carbonyl (C=O) groups excluding carboxylic acids is 3. The summed E-state index contributed by atoms with van der Waals surface area (Å²) in [7, 11) is 0. The van der Waals surface area contributed by atoms with Crippen molar-refractivity contribution in [1.29, 1.82) is 0 Å². The van der Waals surface area contributed by atoms with Crippen molar-refractivity contribution in [3.63, 3.8) is 0 Å². The number of carbonyl (C=O) groups is 3. The average molecular weight is 169 g/mol. The van der Waals surface area contributed by atoms with E-state index in [1.165, 1.54) is 6.92 Å². The van der Waals surface area contributed by atoms with E-state index in [9.17, 15) is 14.4 Å². The second-order valence-corrected chi connectivity index (χ2v) is 2.94. The predicted molar refractivity (Wildman–Crippen MR) is 41.2 cm³/mol. The summed E-state index contributed by atoms with van der Waals surface area (Å²) in [6, 6.07) is -0.590. The smallest absolute Gasteiger partial charge is 0.230 e. The highest BCUT2D eigenvalue weighted by Crippen LogP contribution is 2.15. The number of ketones is 1. The van der Waals surface area contributed by atoms with Gasteiger partial charge in [0.2, 0.25) is 11.8 Å². The molecular formula is C8H11NO3. The van der Waals surface area contributed by atoms with Crippen LogP contribution >= 0.6 is 0 Å². The van der Waals surface area contributed by atoms with E-state index in [0.717, 1.165) is 4.90 Å². The number of Topliss-reactive ketones (excluding diaryl/α,β-unsaturated/α-hetero) is 1. The minimum atomic E-state index is -0.590. The van der Waals surface area contributed by atoms with Gasteiger partial charge in [-0.3, -0.25) is 19.3 Å². The number of hydrogen-bond donors (Lipinski definition) is 0. The number of rotatable bonds is 2. The van der Waals surface area contributed by atoms with Crippen molar-refractivity contribution < 1.29 is 14.4 Å². The van der Waals surface area contributed by atoms with Crippen molar-refractivity contribution in [2.75, 3.05) is 0 Å². The molecule has 0 aliphatic carbocycles. The lowest BCUT2D eigenvalue weighted by molar-refractivity contribution is -0.144. The Hall–Kier alpha value is -1.19. The predicted octanol–water partition coefficient (Wildman–Crippen LogP) is 0.113. The van der Waals surface area contributed by atoms with Crippen LogP contribution in [0.4, 0.5) is 0 Å². The summed E-state index contributed by atoms with van der Waals surface area (Å²) in [5.74, 6) is -0.621. The van der Waals surface area contributed by atoms with E-state index in [2.05, 4.69) is 0 Å². The molecule has 1 aliphatic rings. The van der Waals surface area contributed by atoms with Gasteiger partial charge in [0, 0.05) is 12.8 Å². The normalized spacial score (nSPS) is 20.0. The van der Waals surface area contributed by atoms with Crippen molar-refractivity contribution >= 4 is 17.6 Å². The molecule has 4 heteroatoms. The first-order valence-corrected chi connectivity index (χ1v) is 3.89. The van der Waals surface area contributed by atoms with Crippen molar-refractivity contribution in [1.82, 2.24) is 4.90 Å². The highest BCUT2D eigenvalue weighted by atomic mass is 16.2. The van der Waals surface area contributed by atoms with E-state index >= 15 is 0 Å². The van der Waals surface area contributed by atoms with Crippen LogP contribution in [0.15, 0.2) is 0 Å². The highest BCUT2D eigenvalue weighted by molar-refractivity contribution is 6.05. The summed E-state index contributed by atoms with van der Waals surface area (Å²) in [4.78, 5) is 34.1. The molecule has 2 amide bonds. The molecule has 1 aliphatic heterocycles. The van der Waals surface area contributed by atoms with Gasteiger partial charge in [-0.2, -0.15) is 0 Å². The number of imide groups is 1. The van der Waals surface area contributed by atoms with Crippen LogP contribution in [-0.2, 0) is 14.4 Å². The van der Waals surface area contributed by atoms with Crippen molar-refractivity contribution in [2.45, 2.75) is 32.7 Å². The number of amides is 2. The van der Waals surface area contributed by atoms with Gasteiger partial charge in [-0.15, -0.1) is 0 Å². The second kappa shape index (κ2) is 3.05. The van der Waals surface area contributed by atoms with Gasteiger partial charge in [-0.05, 0) is 13.8 Å². The molecule has 1 fully saturated rings. The Balaban J connectivity index is 2.79. The van der Waals surface area contributed by atoms with E-state index in [4.69, 9.17) is 0 Å². The van der Waals surface area contributed by atoms with E-state index in [-0.39, 0.29) is 30.4 Å². The van der Waals surface area contributed by atoms with E-state index in [1.54, 1.807) is 6.92 Å². The Kier molecular flexibility index (Phi) is 2.26. The molecule has 0 saturated carbocycles. The molecule has 1 rings (SSSR count). The fourth-order valence-corrected chi connectivity index (χ4v) is 1.21. The van der Waals surface area contributed by atoms with Gasteiger partial charge in [0.15, 0.2) is 5.78 Å². The van der Waals surface area contributed by atoms with Crippen LogP contribution in [-0.4, -0.2) is 28.5 Å². The molecular weight excluding hydrogens is 158 g/mol. The minimum absolute atomic E-state index is 0.154. The minimum Gasteiger partial charge on any atom is -0.298 e. The molecule has 12 heavy (non-hydrogen) atoms. The van der Waals surface area contributed by atoms with Gasteiger partial charge in [0.1, 0.15) is 0 Å². The fourth-order valence-electron chi connectivity index (χ4n) is 1.21. The topological polar surface area (TPSA) is 54.5 Å². The maximum absolute atomic E-state index is 11.1. The molecule has 0 aromatic rings. The van der Waals surface area contributed by atoms with Crippen molar-refractivity contribution in [2.24, 2.45) is 0 Å². The average Bonchev–Trinajstić information content (AvgIpc) is 2.30. The molecule has 0 unspecified atom stereocenters. The summed E-state index contributed by atoms with van der Waals surface area (Å²) < 4.78 is 0. The lowest BCUT2D eigenvalue weighted by Gasteiger charge is -2.19. The van der Waals surface area contributed by atoms with Crippen LogP contribution < -0.4 is 0 Å². The Labute approximate surface area is 70.5 Å². The maximum Gasteiger partial charge on any atom is 0.230 e. The lowest BCUT2D eigenvalue weighted by Crippen LogP contribution is -2.41. The van der Waals surface area contributed by atoms with Crippen LogP contribution in [0, 0.1) is 0 Å². The molecule has 0 spiro atoms. The Bertz CT molecular complexity index is 231. The molecule has 0 radical (unpaired) electrons. The summed E-state index contributed by atoms with van der Waals surface area (Å²) >= 11 is 0. The standard InChI is InChI=1S/C8H11NO3/c1-5(6(2)10)9-7(11)3-4-8(9)12/h5H,3-4H2,1-2H3/t5-/m0/s1. The number of nitrogens with zero attached hydrogens (tertiary/aromatic N) is 1. The molecule has 0 aromatic heterocycles. The summed E-state index contributed by atoms with van der Waals surface area (Å²) in [5, 5.41) is 0. The van der Waals surface area contributed by atoms with Gasteiger partial charge < -0.3 is 0 Å². The maximum atomic E-state index is 11.1.